The first-order valence-electron chi connectivity index (χ1n) is 8.17. The maximum absolute atomic E-state index is 12.5. The highest BCUT2D eigenvalue weighted by Crippen LogP contribution is 2.20. The molecule has 0 saturated heterocycles. The summed E-state index contributed by atoms with van der Waals surface area (Å²) in [5.74, 6) is -0.317. The molecular weight excluding hydrogens is 350 g/mol. The predicted octanol–water partition coefficient (Wildman–Crippen LogP) is 2.82. The molecule has 1 N–H and O–H groups in total. The SMILES string of the molecule is Cc1ncc(-c2ccc(S(C)(=O)=O)cc2)nc1C(=O)NC1=CCCC=C1. The van der Waals surface area contributed by atoms with Crippen LogP contribution in [0.25, 0.3) is 11.3 Å². The number of carbonyl (C=O) groups excluding carboxylic acids is 1. The van der Waals surface area contributed by atoms with E-state index in [1.54, 1.807) is 25.3 Å². The molecule has 0 unspecified atom stereocenters. The minimum atomic E-state index is -3.26. The van der Waals surface area contributed by atoms with Crippen LogP contribution in [0.15, 0.2) is 59.3 Å². The number of hydrogen-bond donors (Lipinski definition) is 1. The molecule has 134 valence electrons. The number of sulfone groups is 1. The number of benzene rings is 1. The van der Waals surface area contributed by atoms with Gasteiger partial charge in [-0.15, -0.1) is 0 Å². The molecule has 0 spiro atoms. The average molecular weight is 369 g/mol. The molecule has 3 rings (SSSR count). The van der Waals surface area contributed by atoms with E-state index in [2.05, 4.69) is 15.3 Å². The number of nitrogens with one attached hydrogen (secondary N) is 1. The Labute approximate surface area is 152 Å². The molecule has 6 nitrogen and oxygen atoms in total. The van der Waals surface area contributed by atoms with Gasteiger partial charge in [-0.05, 0) is 38.0 Å². The molecular formula is C19H19N3O3S. The van der Waals surface area contributed by atoms with Gasteiger partial charge in [-0.2, -0.15) is 0 Å². The maximum Gasteiger partial charge on any atom is 0.276 e. The highest BCUT2D eigenvalue weighted by Gasteiger charge is 2.15. The Morgan fingerprint density at radius 3 is 2.50 bits per heavy atom. The zero-order valence-electron chi connectivity index (χ0n) is 14.6. The first-order valence-corrected chi connectivity index (χ1v) is 10.1. The second-order valence-corrected chi connectivity index (χ2v) is 8.09. The minimum absolute atomic E-state index is 0.232. The van der Waals surface area contributed by atoms with Crippen LogP contribution >= 0.6 is 0 Å². The summed E-state index contributed by atoms with van der Waals surface area (Å²) in [6.07, 6.45) is 10.4. The molecule has 0 saturated carbocycles. The van der Waals surface area contributed by atoms with Gasteiger partial charge < -0.3 is 5.32 Å². The van der Waals surface area contributed by atoms with E-state index in [0.29, 0.717) is 17.0 Å². The van der Waals surface area contributed by atoms with Crippen LogP contribution in [0, 0.1) is 6.92 Å². The summed E-state index contributed by atoms with van der Waals surface area (Å²) in [5.41, 5.74) is 2.73. The van der Waals surface area contributed by atoms with Gasteiger partial charge in [0.05, 0.1) is 22.5 Å². The van der Waals surface area contributed by atoms with Crippen LogP contribution in [-0.2, 0) is 9.84 Å². The Morgan fingerprint density at radius 1 is 1.15 bits per heavy atom. The molecule has 1 aliphatic carbocycles. The lowest BCUT2D eigenvalue weighted by Crippen LogP contribution is -2.25. The smallest absolute Gasteiger partial charge is 0.276 e. The number of aromatic nitrogens is 2. The molecule has 0 aliphatic heterocycles. The van der Waals surface area contributed by atoms with Crippen molar-refractivity contribution in [1.29, 1.82) is 0 Å². The summed E-state index contributed by atoms with van der Waals surface area (Å²) in [6.45, 7) is 1.73. The van der Waals surface area contributed by atoms with Gasteiger partial charge in [-0.3, -0.25) is 9.78 Å². The van der Waals surface area contributed by atoms with Crippen molar-refractivity contribution in [2.45, 2.75) is 24.7 Å². The number of hydrogen-bond acceptors (Lipinski definition) is 5. The Kier molecular flexibility index (Phi) is 4.99. The van der Waals surface area contributed by atoms with Crippen molar-refractivity contribution in [3.8, 4) is 11.3 Å². The molecule has 1 aromatic carbocycles. The first kappa shape index (κ1) is 18.0. The summed E-state index contributed by atoms with van der Waals surface area (Å²) in [4.78, 5) is 21.5. The normalized spacial score (nSPS) is 14.0. The molecule has 1 heterocycles. The van der Waals surface area contributed by atoms with Gasteiger partial charge in [0.2, 0.25) is 0 Å². The molecule has 1 aromatic heterocycles. The Balaban J connectivity index is 1.88. The van der Waals surface area contributed by atoms with E-state index in [9.17, 15) is 13.2 Å². The van der Waals surface area contributed by atoms with E-state index in [1.807, 2.05) is 18.2 Å². The van der Waals surface area contributed by atoms with Crippen LogP contribution in [0.5, 0.6) is 0 Å². The number of allylic oxidation sites excluding steroid dienone is 3. The predicted molar refractivity (Wildman–Crippen MR) is 99.2 cm³/mol. The van der Waals surface area contributed by atoms with Crippen molar-refractivity contribution in [3.05, 3.63) is 65.8 Å². The summed E-state index contributed by atoms with van der Waals surface area (Å²) in [6, 6.07) is 6.35. The van der Waals surface area contributed by atoms with Crippen molar-refractivity contribution in [1.82, 2.24) is 15.3 Å². The van der Waals surface area contributed by atoms with Gasteiger partial charge >= 0.3 is 0 Å². The highest BCUT2D eigenvalue weighted by molar-refractivity contribution is 7.90. The zero-order chi connectivity index (χ0) is 18.7. The molecule has 2 aromatic rings. The third-order valence-electron chi connectivity index (χ3n) is 4.00. The molecule has 0 fully saturated rings. The van der Waals surface area contributed by atoms with Gasteiger partial charge in [-0.25, -0.2) is 13.4 Å². The summed E-state index contributed by atoms with van der Waals surface area (Å²) in [7, 11) is -3.26. The molecule has 7 heteroatoms. The molecule has 26 heavy (non-hydrogen) atoms. The fourth-order valence-corrected chi connectivity index (χ4v) is 3.20. The summed E-state index contributed by atoms with van der Waals surface area (Å²) in [5, 5.41) is 2.84. The lowest BCUT2D eigenvalue weighted by molar-refractivity contribution is 0.0961. The van der Waals surface area contributed by atoms with E-state index in [-0.39, 0.29) is 16.5 Å². The van der Waals surface area contributed by atoms with Crippen LogP contribution in [0.2, 0.25) is 0 Å². The van der Waals surface area contributed by atoms with E-state index >= 15 is 0 Å². The van der Waals surface area contributed by atoms with Crippen LogP contribution in [0.1, 0.15) is 29.0 Å². The van der Waals surface area contributed by atoms with Crippen molar-refractivity contribution in [2.24, 2.45) is 0 Å². The molecule has 0 radical (unpaired) electrons. The van der Waals surface area contributed by atoms with E-state index in [4.69, 9.17) is 0 Å². The minimum Gasteiger partial charge on any atom is -0.321 e. The van der Waals surface area contributed by atoms with Crippen LogP contribution in [-0.4, -0.2) is 30.5 Å². The zero-order valence-corrected chi connectivity index (χ0v) is 15.4. The number of nitrogens with zero attached hydrogens (tertiary/aromatic N) is 2. The number of rotatable bonds is 4. The van der Waals surface area contributed by atoms with Crippen molar-refractivity contribution in [2.75, 3.05) is 6.26 Å². The molecule has 1 aliphatic rings. The van der Waals surface area contributed by atoms with Gasteiger partial charge in [0.25, 0.3) is 5.91 Å². The van der Waals surface area contributed by atoms with Gasteiger partial charge in [0.15, 0.2) is 9.84 Å². The number of aryl methyl sites for hydroxylation is 1. The summed E-state index contributed by atoms with van der Waals surface area (Å²) < 4.78 is 23.1. The van der Waals surface area contributed by atoms with Crippen molar-refractivity contribution in [3.63, 3.8) is 0 Å². The van der Waals surface area contributed by atoms with E-state index in [0.717, 1.165) is 24.8 Å². The highest BCUT2D eigenvalue weighted by atomic mass is 32.2. The Morgan fingerprint density at radius 2 is 1.88 bits per heavy atom. The van der Waals surface area contributed by atoms with Gasteiger partial charge in [0.1, 0.15) is 5.69 Å². The van der Waals surface area contributed by atoms with E-state index in [1.165, 1.54) is 12.1 Å². The summed E-state index contributed by atoms with van der Waals surface area (Å²) >= 11 is 0. The largest absolute Gasteiger partial charge is 0.321 e. The van der Waals surface area contributed by atoms with Crippen LogP contribution in [0.3, 0.4) is 0 Å². The van der Waals surface area contributed by atoms with Crippen molar-refractivity contribution >= 4 is 15.7 Å². The third-order valence-corrected chi connectivity index (χ3v) is 5.13. The molecule has 0 bridgehead atoms. The Bertz CT molecular complexity index is 1010. The number of amides is 1. The lowest BCUT2D eigenvalue weighted by Gasteiger charge is -2.11. The monoisotopic (exact) mass is 369 g/mol. The quantitative estimate of drug-likeness (QED) is 0.895. The average Bonchev–Trinajstić information content (AvgIpc) is 2.62. The second kappa shape index (κ2) is 7.21. The standard InChI is InChI=1S/C19H19N3O3S/c1-13-18(19(23)21-15-6-4-3-5-7-15)22-17(12-20-13)14-8-10-16(11-9-14)26(2,24)25/h4,6-12H,3,5H2,1-2H3,(H,21,23). The second-order valence-electron chi connectivity index (χ2n) is 6.08. The lowest BCUT2D eigenvalue weighted by atomic mass is 10.1. The van der Waals surface area contributed by atoms with Crippen molar-refractivity contribution < 1.29 is 13.2 Å². The topological polar surface area (TPSA) is 89.0 Å². The first-order chi connectivity index (χ1) is 12.3. The van der Waals surface area contributed by atoms with Crippen LogP contribution in [0.4, 0.5) is 0 Å². The van der Waals surface area contributed by atoms with E-state index < -0.39 is 9.84 Å². The Hall–Kier alpha value is -2.80. The number of carbonyl (C=O) groups is 1. The molecule has 0 atom stereocenters. The third kappa shape index (κ3) is 4.05. The van der Waals surface area contributed by atoms with Gasteiger partial charge in [0, 0.05) is 17.5 Å². The fourth-order valence-electron chi connectivity index (χ4n) is 2.57. The van der Waals surface area contributed by atoms with Crippen LogP contribution < -0.4 is 5.32 Å². The molecule has 1 amide bonds. The maximum atomic E-state index is 12.5. The fraction of sp³-hybridized carbons (Fsp3) is 0.211. The van der Waals surface area contributed by atoms with Gasteiger partial charge in [-0.1, -0.05) is 24.3 Å².